The van der Waals surface area contributed by atoms with Crippen molar-refractivity contribution in [2.24, 2.45) is 0 Å². The van der Waals surface area contributed by atoms with Crippen LogP contribution in [0.1, 0.15) is 12.8 Å². The van der Waals surface area contributed by atoms with Gasteiger partial charge in [-0.15, -0.1) is 24.8 Å². The normalized spacial score (nSPS) is 33.2. The van der Waals surface area contributed by atoms with E-state index in [4.69, 9.17) is 4.74 Å². The van der Waals surface area contributed by atoms with Crippen molar-refractivity contribution in [3.05, 3.63) is 0 Å². The molecule has 2 saturated heterocycles. The van der Waals surface area contributed by atoms with Crippen molar-refractivity contribution in [1.29, 1.82) is 0 Å². The Morgan fingerprint density at radius 3 is 2.64 bits per heavy atom. The van der Waals surface area contributed by atoms with E-state index in [2.05, 4.69) is 17.3 Å². The summed E-state index contributed by atoms with van der Waals surface area (Å²) >= 11 is 0. The lowest BCUT2D eigenvalue weighted by molar-refractivity contribution is 0.0502. The topological polar surface area (TPSA) is 24.5 Å². The quantitative estimate of drug-likeness (QED) is 0.741. The van der Waals surface area contributed by atoms with Gasteiger partial charge in [0, 0.05) is 18.6 Å². The fraction of sp³-hybridized carbons (Fsp3) is 1.00. The first-order chi connectivity index (χ1) is 5.88. The van der Waals surface area contributed by atoms with Crippen LogP contribution in [0.3, 0.4) is 0 Å². The van der Waals surface area contributed by atoms with Gasteiger partial charge in [-0.2, -0.15) is 0 Å². The average Bonchev–Trinajstić information content (AvgIpc) is 2.53. The highest BCUT2D eigenvalue weighted by molar-refractivity contribution is 5.85. The van der Waals surface area contributed by atoms with Crippen LogP contribution in [0.4, 0.5) is 0 Å². The van der Waals surface area contributed by atoms with Crippen LogP contribution in [-0.2, 0) is 4.74 Å². The van der Waals surface area contributed by atoms with Crippen LogP contribution in [0.15, 0.2) is 0 Å². The van der Waals surface area contributed by atoms with Gasteiger partial charge in [0.05, 0.1) is 13.2 Å². The van der Waals surface area contributed by atoms with Crippen LogP contribution in [-0.4, -0.2) is 50.3 Å². The van der Waals surface area contributed by atoms with Crippen molar-refractivity contribution in [2.75, 3.05) is 33.4 Å². The Morgan fingerprint density at radius 2 is 2.14 bits per heavy atom. The Morgan fingerprint density at radius 1 is 1.36 bits per heavy atom. The predicted molar refractivity (Wildman–Crippen MR) is 62.8 cm³/mol. The van der Waals surface area contributed by atoms with Crippen molar-refractivity contribution in [1.82, 2.24) is 10.2 Å². The van der Waals surface area contributed by atoms with E-state index < -0.39 is 0 Å². The molecule has 0 bridgehead atoms. The molecule has 0 aromatic carbocycles. The summed E-state index contributed by atoms with van der Waals surface area (Å²) in [6.45, 7) is 4.06. The molecule has 2 atom stereocenters. The average molecular weight is 243 g/mol. The van der Waals surface area contributed by atoms with E-state index in [0.29, 0.717) is 12.1 Å². The number of hydrogen-bond acceptors (Lipinski definition) is 3. The summed E-state index contributed by atoms with van der Waals surface area (Å²) in [5.41, 5.74) is 0. The Balaban J connectivity index is 0.000000845. The fourth-order valence-corrected chi connectivity index (χ4v) is 2.28. The first-order valence-corrected chi connectivity index (χ1v) is 4.89. The maximum absolute atomic E-state index is 5.45. The number of likely N-dealkylation sites (N-methyl/N-ethyl adjacent to an activating group) is 1. The first-order valence-electron chi connectivity index (χ1n) is 4.89. The fourth-order valence-electron chi connectivity index (χ4n) is 2.28. The Bertz CT molecular complexity index is 154. The molecule has 0 radical (unpaired) electrons. The maximum Gasteiger partial charge on any atom is 0.0635 e. The van der Waals surface area contributed by atoms with Crippen LogP contribution in [0.25, 0.3) is 0 Å². The first kappa shape index (κ1) is 14.5. The summed E-state index contributed by atoms with van der Waals surface area (Å²) in [6.07, 6.45) is 2.68. The minimum Gasteiger partial charge on any atom is -0.378 e. The largest absolute Gasteiger partial charge is 0.378 e. The van der Waals surface area contributed by atoms with Crippen molar-refractivity contribution in [2.45, 2.75) is 24.9 Å². The van der Waals surface area contributed by atoms with Gasteiger partial charge in [-0.3, -0.25) is 0 Å². The predicted octanol–water partition coefficient (Wildman–Crippen LogP) is 0.913. The van der Waals surface area contributed by atoms with Crippen LogP contribution in [0, 0.1) is 0 Å². The second-order valence-electron chi connectivity index (χ2n) is 3.83. The molecule has 2 heterocycles. The molecule has 2 aliphatic rings. The summed E-state index contributed by atoms with van der Waals surface area (Å²) in [4.78, 5) is 2.45. The van der Waals surface area contributed by atoms with Gasteiger partial charge in [-0.05, 0) is 26.4 Å². The molecule has 2 fully saturated rings. The number of ether oxygens (including phenoxy) is 1. The second-order valence-corrected chi connectivity index (χ2v) is 3.83. The standard InChI is InChI=1S/C9H18N2O.2ClH/c1-11-5-2-3-9(11)8-7-12-6-4-10-8;;/h8-10H,2-7H2,1H3;2*1H. The van der Waals surface area contributed by atoms with E-state index in [1.807, 2.05) is 0 Å². The molecule has 0 spiro atoms. The van der Waals surface area contributed by atoms with Gasteiger partial charge in [0.15, 0.2) is 0 Å². The molecular weight excluding hydrogens is 223 g/mol. The highest BCUT2D eigenvalue weighted by Crippen LogP contribution is 2.19. The van der Waals surface area contributed by atoms with Gasteiger partial charge >= 0.3 is 0 Å². The number of nitrogens with zero attached hydrogens (tertiary/aromatic N) is 1. The monoisotopic (exact) mass is 242 g/mol. The van der Waals surface area contributed by atoms with Gasteiger partial charge in [0.25, 0.3) is 0 Å². The van der Waals surface area contributed by atoms with Crippen molar-refractivity contribution in [3.8, 4) is 0 Å². The Kier molecular flexibility index (Phi) is 7.08. The van der Waals surface area contributed by atoms with E-state index in [0.717, 1.165) is 19.8 Å². The summed E-state index contributed by atoms with van der Waals surface area (Å²) in [5.74, 6) is 0. The molecule has 0 amide bonds. The molecule has 0 aromatic heterocycles. The highest BCUT2D eigenvalue weighted by atomic mass is 35.5. The number of morpholine rings is 1. The van der Waals surface area contributed by atoms with E-state index in [1.165, 1.54) is 19.4 Å². The Labute approximate surface area is 98.4 Å². The summed E-state index contributed by atoms with van der Waals surface area (Å²) in [6, 6.07) is 1.29. The minimum absolute atomic E-state index is 0. The molecule has 86 valence electrons. The minimum atomic E-state index is 0. The molecule has 2 unspecified atom stereocenters. The molecule has 14 heavy (non-hydrogen) atoms. The molecule has 3 nitrogen and oxygen atoms in total. The molecule has 2 rings (SSSR count). The van der Waals surface area contributed by atoms with Crippen molar-refractivity contribution in [3.63, 3.8) is 0 Å². The summed E-state index contributed by atoms with van der Waals surface area (Å²) in [7, 11) is 2.22. The second kappa shape index (κ2) is 6.85. The molecule has 0 aliphatic carbocycles. The lowest BCUT2D eigenvalue weighted by Crippen LogP contribution is -2.52. The van der Waals surface area contributed by atoms with Gasteiger partial charge in [0.2, 0.25) is 0 Å². The van der Waals surface area contributed by atoms with E-state index in [-0.39, 0.29) is 24.8 Å². The molecule has 1 N–H and O–H groups in total. The maximum atomic E-state index is 5.45. The van der Waals surface area contributed by atoms with Crippen molar-refractivity contribution < 1.29 is 4.74 Å². The lowest BCUT2D eigenvalue weighted by Gasteiger charge is -2.32. The SMILES string of the molecule is CN1CCCC1C1COCCN1.Cl.Cl. The third-order valence-corrected chi connectivity index (χ3v) is 2.99. The number of rotatable bonds is 1. The molecule has 0 saturated carbocycles. The third-order valence-electron chi connectivity index (χ3n) is 2.99. The third kappa shape index (κ3) is 3.24. The number of nitrogens with one attached hydrogen (secondary N) is 1. The summed E-state index contributed by atoms with van der Waals surface area (Å²) in [5, 5.41) is 3.52. The van der Waals surface area contributed by atoms with Gasteiger partial charge in [-0.1, -0.05) is 0 Å². The molecule has 5 heteroatoms. The smallest absolute Gasteiger partial charge is 0.0635 e. The lowest BCUT2D eigenvalue weighted by atomic mass is 10.1. The van der Waals surface area contributed by atoms with Crippen molar-refractivity contribution >= 4 is 24.8 Å². The number of likely N-dealkylation sites (tertiary alicyclic amines) is 1. The zero-order valence-electron chi connectivity index (χ0n) is 8.57. The summed E-state index contributed by atoms with van der Waals surface area (Å²) < 4.78 is 5.45. The van der Waals surface area contributed by atoms with Crippen LogP contribution in [0.5, 0.6) is 0 Å². The highest BCUT2D eigenvalue weighted by Gasteiger charge is 2.30. The number of halogens is 2. The van der Waals surface area contributed by atoms with Crippen LogP contribution < -0.4 is 5.32 Å². The zero-order chi connectivity index (χ0) is 8.39. The van der Waals surface area contributed by atoms with Gasteiger partial charge in [0.1, 0.15) is 0 Å². The zero-order valence-corrected chi connectivity index (χ0v) is 10.2. The van der Waals surface area contributed by atoms with Gasteiger partial charge < -0.3 is 15.0 Å². The van der Waals surface area contributed by atoms with E-state index >= 15 is 0 Å². The van der Waals surface area contributed by atoms with Crippen LogP contribution in [0.2, 0.25) is 0 Å². The van der Waals surface area contributed by atoms with E-state index in [9.17, 15) is 0 Å². The Hall–Kier alpha value is 0.460. The van der Waals surface area contributed by atoms with E-state index in [1.54, 1.807) is 0 Å². The number of hydrogen-bond donors (Lipinski definition) is 1. The van der Waals surface area contributed by atoms with Gasteiger partial charge in [-0.25, -0.2) is 0 Å². The van der Waals surface area contributed by atoms with Crippen LogP contribution >= 0.6 is 24.8 Å². The molecular formula is C9H20Cl2N2O. The molecule has 2 aliphatic heterocycles. The molecule has 0 aromatic rings.